The summed E-state index contributed by atoms with van der Waals surface area (Å²) in [6, 6.07) is 7.21. The number of hydrogen-bond acceptors (Lipinski definition) is 6. The topological polar surface area (TPSA) is 81.2 Å². The van der Waals surface area contributed by atoms with Gasteiger partial charge in [0, 0.05) is 0 Å². The molecule has 0 spiro atoms. The molecule has 102 valence electrons. The second-order valence-corrected chi connectivity index (χ2v) is 4.87. The van der Waals surface area contributed by atoms with Crippen molar-refractivity contribution in [3.63, 3.8) is 0 Å². The fourth-order valence-corrected chi connectivity index (χ4v) is 2.28. The maximum Gasteiger partial charge on any atom is 0.265 e. The van der Waals surface area contributed by atoms with Gasteiger partial charge >= 0.3 is 0 Å². The third-order valence-electron chi connectivity index (χ3n) is 2.71. The molecule has 0 aliphatic heterocycles. The lowest BCUT2D eigenvalue weighted by Crippen LogP contribution is -2.22. The summed E-state index contributed by atoms with van der Waals surface area (Å²) in [6.45, 7) is 2.05. The van der Waals surface area contributed by atoms with Gasteiger partial charge < -0.3 is 14.2 Å². The molecule has 0 aliphatic rings. The van der Waals surface area contributed by atoms with Crippen molar-refractivity contribution in [1.29, 1.82) is 0 Å². The molecule has 3 rings (SSSR count). The minimum absolute atomic E-state index is 0.201. The molecular formula is C13H11N3O3S. The summed E-state index contributed by atoms with van der Waals surface area (Å²) in [5, 5.41) is 6.57. The molecule has 6 nitrogen and oxygen atoms in total. The van der Waals surface area contributed by atoms with E-state index in [-0.39, 0.29) is 5.91 Å². The van der Waals surface area contributed by atoms with Gasteiger partial charge in [0.2, 0.25) is 0 Å². The number of aromatic nitrogens is 2. The summed E-state index contributed by atoms with van der Waals surface area (Å²) in [5.74, 6) is 1.74. The predicted molar refractivity (Wildman–Crippen MR) is 72.2 cm³/mol. The van der Waals surface area contributed by atoms with Crippen LogP contribution in [-0.2, 0) is 6.54 Å². The smallest absolute Gasteiger partial charge is 0.265 e. The quantitative estimate of drug-likeness (QED) is 0.798. The summed E-state index contributed by atoms with van der Waals surface area (Å²) < 4.78 is 14.6. The van der Waals surface area contributed by atoms with E-state index in [0.717, 1.165) is 11.5 Å². The molecule has 3 aromatic heterocycles. The third kappa shape index (κ3) is 2.48. The van der Waals surface area contributed by atoms with Gasteiger partial charge in [-0.2, -0.15) is 0 Å². The Hall–Kier alpha value is -2.41. The van der Waals surface area contributed by atoms with Gasteiger partial charge in [0.05, 0.1) is 18.5 Å². The van der Waals surface area contributed by atoms with Crippen molar-refractivity contribution in [3.8, 4) is 11.5 Å². The number of furan rings is 2. The number of rotatable bonds is 4. The first kappa shape index (κ1) is 12.6. The fraction of sp³-hybridized carbons (Fsp3) is 0.154. The van der Waals surface area contributed by atoms with Gasteiger partial charge in [-0.25, -0.2) is 0 Å². The summed E-state index contributed by atoms with van der Waals surface area (Å²) in [4.78, 5) is 12.4. The Balaban J connectivity index is 1.65. The molecule has 0 aliphatic carbocycles. The van der Waals surface area contributed by atoms with Crippen LogP contribution in [0, 0.1) is 6.92 Å². The monoisotopic (exact) mass is 289 g/mol. The number of nitrogens with one attached hydrogen (secondary N) is 1. The van der Waals surface area contributed by atoms with Crippen LogP contribution in [0.25, 0.3) is 11.5 Å². The van der Waals surface area contributed by atoms with Crippen molar-refractivity contribution in [3.05, 3.63) is 46.9 Å². The second kappa shape index (κ2) is 5.30. The predicted octanol–water partition coefficient (Wildman–Crippen LogP) is 2.63. The lowest BCUT2D eigenvalue weighted by atomic mass is 10.3. The lowest BCUT2D eigenvalue weighted by molar-refractivity contribution is 0.0951. The highest BCUT2D eigenvalue weighted by atomic mass is 32.1. The van der Waals surface area contributed by atoms with Gasteiger partial charge in [0.15, 0.2) is 11.5 Å². The maximum atomic E-state index is 11.9. The Labute approximate surface area is 118 Å². The maximum absolute atomic E-state index is 11.9. The number of nitrogens with zero attached hydrogens (tertiary/aromatic N) is 2. The van der Waals surface area contributed by atoms with E-state index in [9.17, 15) is 4.79 Å². The average molecular weight is 289 g/mol. The van der Waals surface area contributed by atoms with Gasteiger partial charge in [-0.15, -0.1) is 5.10 Å². The first-order chi connectivity index (χ1) is 9.74. The highest BCUT2D eigenvalue weighted by Gasteiger charge is 2.14. The van der Waals surface area contributed by atoms with Crippen molar-refractivity contribution in [2.45, 2.75) is 13.5 Å². The Morgan fingerprint density at radius 2 is 2.25 bits per heavy atom. The molecule has 7 heteroatoms. The minimum Gasteiger partial charge on any atom is -0.461 e. The summed E-state index contributed by atoms with van der Waals surface area (Å²) in [6.07, 6.45) is 1.58. The summed E-state index contributed by atoms with van der Waals surface area (Å²) in [7, 11) is 0. The largest absolute Gasteiger partial charge is 0.461 e. The first-order valence-electron chi connectivity index (χ1n) is 5.94. The molecule has 0 aromatic carbocycles. The van der Waals surface area contributed by atoms with Crippen LogP contribution in [0.1, 0.15) is 21.1 Å². The van der Waals surface area contributed by atoms with E-state index in [4.69, 9.17) is 8.83 Å². The van der Waals surface area contributed by atoms with E-state index >= 15 is 0 Å². The van der Waals surface area contributed by atoms with Gasteiger partial charge in [0.25, 0.3) is 5.91 Å². The van der Waals surface area contributed by atoms with E-state index in [1.165, 1.54) is 0 Å². The van der Waals surface area contributed by atoms with Gasteiger partial charge in [-0.3, -0.25) is 4.79 Å². The number of carbonyl (C=O) groups excluding carboxylic acids is 1. The van der Waals surface area contributed by atoms with Gasteiger partial charge in [-0.1, -0.05) is 4.49 Å². The zero-order valence-electron chi connectivity index (χ0n) is 10.6. The SMILES string of the molecule is Cc1nnsc1C(=O)NCc1ccc(-c2ccco2)o1. The van der Waals surface area contributed by atoms with Crippen molar-refractivity contribution >= 4 is 17.4 Å². The summed E-state index contributed by atoms with van der Waals surface area (Å²) >= 11 is 1.08. The molecule has 0 atom stereocenters. The van der Waals surface area contributed by atoms with Crippen LogP contribution in [0.5, 0.6) is 0 Å². The Bertz CT molecular complexity index is 715. The summed E-state index contributed by atoms with van der Waals surface area (Å²) in [5.41, 5.74) is 0.628. The molecule has 20 heavy (non-hydrogen) atoms. The molecule has 3 heterocycles. The molecule has 1 N–H and O–H groups in total. The molecule has 0 fully saturated rings. The minimum atomic E-state index is -0.201. The highest BCUT2D eigenvalue weighted by molar-refractivity contribution is 7.07. The number of amides is 1. The Kier molecular flexibility index (Phi) is 3.34. The van der Waals surface area contributed by atoms with Crippen LogP contribution in [-0.4, -0.2) is 15.5 Å². The number of aryl methyl sites for hydroxylation is 1. The lowest BCUT2D eigenvalue weighted by Gasteiger charge is -2.00. The van der Waals surface area contributed by atoms with Crippen LogP contribution in [0.3, 0.4) is 0 Å². The highest BCUT2D eigenvalue weighted by Crippen LogP contribution is 2.22. The van der Waals surface area contributed by atoms with Crippen molar-refractivity contribution in [1.82, 2.24) is 14.9 Å². The van der Waals surface area contributed by atoms with Gasteiger partial charge in [0.1, 0.15) is 10.6 Å². The van der Waals surface area contributed by atoms with Crippen molar-refractivity contribution in [2.24, 2.45) is 0 Å². The van der Waals surface area contributed by atoms with Crippen molar-refractivity contribution < 1.29 is 13.6 Å². The Morgan fingerprint density at radius 3 is 2.95 bits per heavy atom. The van der Waals surface area contributed by atoms with Crippen LogP contribution in [0.15, 0.2) is 39.4 Å². The van der Waals surface area contributed by atoms with Crippen molar-refractivity contribution in [2.75, 3.05) is 0 Å². The molecule has 1 amide bonds. The fourth-order valence-electron chi connectivity index (χ4n) is 1.71. The second-order valence-electron chi connectivity index (χ2n) is 4.11. The average Bonchev–Trinajstić information content (AvgIpc) is 3.16. The zero-order chi connectivity index (χ0) is 13.9. The Morgan fingerprint density at radius 1 is 1.35 bits per heavy atom. The first-order valence-corrected chi connectivity index (χ1v) is 6.71. The van der Waals surface area contributed by atoms with Crippen LogP contribution < -0.4 is 5.32 Å². The standard InChI is InChI=1S/C13H11N3O3S/c1-8-12(20-16-15-8)13(17)14-7-9-4-5-11(19-9)10-3-2-6-18-10/h2-6H,7H2,1H3,(H,14,17). The molecule has 0 saturated heterocycles. The van der Waals surface area contributed by atoms with E-state index < -0.39 is 0 Å². The van der Waals surface area contributed by atoms with Gasteiger partial charge in [-0.05, 0) is 42.7 Å². The molecule has 0 unspecified atom stereocenters. The number of carbonyl (C=O) groups is 1. The molecule has 0 bridgehead atoms. The van der Waals surface area contributed by atoms with E-state index in [1.807, 2.05) is 6.07 Å². The van der Waals surface area contributed by atoms with E-state index in [0.29, 0.717) is 34.4 Å². The normalized spacial score (nSPS) is 10.7. The number of hydrogen-bond donors (Lipinski definition) is 1. The molecular weight excluding hydrogens is 278 g/mol. The molecule has 3 aromatic rings. The molecule has 0 radical (unpaired) electrons. The third-order valence-corrected chi connectivity index (χ3v) is 3.53. The van der Waals surface area contributed by atoms with Crippen LogP contribution in [0.4, 0.5) is 0 Å². The van der Waals surface area contributed by atoms with E-state index in [2.05, 4.69) is 14.9 Å². The van der Waals surface area contributed by atoms with Crippen LogP contribution in [0.2, 0.25) is 0 Å². The van der Waals surface area contributed by atoms with E-state index in [1.54, 1.807) is 31.4 Å². The van der Waals surface area contributed by atoms with Crippen LogP contribution >= 0.6 is 11.5 Å². The zero-order valence-corrected chi connectivity index (χ0v) is 11.4. The molecule has 0 saturated carbocycles.